The summed E-state index contributed by atoms with van der Waals surface area (Å²) >= 11 is 0. The van der Waals surface area contributed by atoms with Gasteiger partial charge in [0.1, 0.15) is 18.0 Å². The molecule has 0 aliphatic carbocycles. The molecule has 0 bridgehead atoms. The first-order chi connectivity index (χ1) is 15.5. The van der Waals surface area contributed by atoms with Crippen molar-refractivity contribution in [2.24, 2.45) is 0 Å². The normalized spacial score (nSPS) is 10.7. The molecule has 3 aromatic carbocycles. The molecule has 4 aromatic rings. The Hall–Kier alpha value is -4.13. The highest BCUT2D eigenvalue weighted by atomic mass is 16.5. The van der Waals surface area contributed by atoms with E-state index >= 15 is 0 Å². The number of nitrogens with one attached hydrogen (secondary N) is 1. The van der Waals surface area contributed by atoms with Crippen LogP contribution in [-0.4, -0.2) is 22.1 Å². The minimum absolute atomic E-state index is 0.160. The van der Waals surface area contributed by atoms with E-state index in [-0.39, 0.29) is 18.0 Å². The molecule has 0 saturated carbocycles. The number of carbonyl (C=O) groups is 1. The predicted octanol–water partition coefficient (Wildman–Crippen LogP) is 4.53. The topological polar surface area (TPSA) is 82.4 Å². The average molecular weight is 429 g/mol. The number of hydrogen-bond donors (Lipinski definition) is 1. The van der Waals surface area contributed by atoms with Gasteiger partial charge in [-0.2, -0.15) is 0 Å². The number of benzene rings is 3. The number of carbonyl (C=O) groups excluding carboxylic acids is 1. The summed E-state index contributed by atoms with van der Waals surface area (Å²) in [5.41, 5.74) is 1.80. The molecule has 1 amide bonds. The van der Waals surface area contributed by atoms with Crippen LogP contribution in [0.25, 0.3) is 10.9 Å². The minimum Gasteiger partial charge on any atom is -0.494 e. The van der Waals surface area contributed by atoms with Gasteiger partial charge in [-0.15, -0.1) is 0 Å². The van der Waals surface area contributed by atoms with Crippen LogP contribution in [0.1, 0.15) is 12.5 Å². The maximum atomic E-state index is 12.8. The monoisotopic (exact) mass is 429 g/mol. The van der Waals surface area contributed by atoms with Crippen LogP contribution in [0.2, 0.25) is 0 Å². The molecule has 0 aliphatic heterocycles. The second kappa shape index (κ2) is 9.34. The molecule has 1 N–H and O–H groups in total. The summed E-state index contributed by atoms with van der Waals surface area (Å²) in [6.45, 7) is 4.25. The standard InChI is InChI=1S/C25H23N3O4/c1-3-31-18-11-13-19(14-12-18)32-22-10-5-4-9-21(22)27-23(29)15-28-16-26-24-17(2)7-6-8-20(24)25(28)30/h4-14,16H,3,15H2,1-2H3,(H,27,29). The molecule has 7 heteroatoms. The summed E-state index contributed by atoms with van der Waals surface area (Å²) in [4.78, 5) is 29.8. The van der Waals surface area contributed by atoms with Gasteiger partial charge in [0.25, 0.3) is 5.56 Å². The highest BCUT2D eigenvalue weighted by molar-refractivity contribution is 5.92. The Labute approximate surface area is 185 Å². The Bertz CT molecular complexity index is 1310. The van der Waals surface area contributed by atoms with Crippen LogP contribution in [-0.2, 0) is 11.3 Å². The van der Waals surface area contributed by atoms with E-state index in [1.54, 1.807) is 42.5 Å². The molecule has 7 nitrogen and oxygen atoms in total. The number of para-hydroxylation sites is 3. The lowest BCUT2D eigenvalue weighted by molar-refractivity contribution is -0.116. The number of aryl methyl sites for hydroxylation is 1. The molecule has 32 heavy (non-hydrogen) atoms. The number of nitrogens with zero attached hydrogens (tertiary/aromatic N) is 2. The molecule has 0 radical (unpaired) electrons. The van der Waals surface area contributed by atoms with Gasteiger partial charge < -0.3 is 14.8 Å². The fourth-order valence-electron chi connectivity index (χ4n) is 3.35. The van der Waals surface area contributed by atoms with Crippen molar-refractivity contribution >= 4 is 22.5 Å². The summed E-state index contributed by atoms with van der Waals surface area (Å²) in [5.74, 6) is 1.50. The van der Waals surface area contributed by atoms with Crippen LogP contribution in [0.3, 0.4) is 0 Å². The van der Waals surface area contributed by atoms with Crippen molar-refractivity contribution in [3.8, 4) is 17.2 Å². The van der Waals surface area contributed by atoms with Gasteiger partial charge in [0.15, 0.2) is 5.75 Å². The van der Waals surface area contributed by atoms with E-state index in [2.05, 4.69) is 10.3 Å². The van der Waals surface area contributed by atoms with Gasteiger partial charge in [-0.1, -0.05) is 24.3 Å². The van der Waals surface area contributed by atoms with Crippen LogP contribution in [0, 0.1) is 6.92 Å². The molecular weight excluding hydrogens is 406 g/mol. The average Bonchev–Trinajstić information content (AvgIpc) is 2.79. The zero-order valence-electron chi connectivity index (χ0n) is 17.9. The van der Waals surface area contributed by atoms with Crippen LogP contribution >= 0.6 is 0 Å². The second-order valence-electron chi connectivity index (χ2n) is 7.20. The van der Waals surface area contributed by atoms with E-state index < -0.39 is 0 Å². The zero-order chi connectivity index (χ0) is 22.5. The van der Waals surface area contributed by atoms with Gasteiger partial charge in [0.2, 0.25) is 5.91 Å². The van der Waals surface area contributed by atoms with Crippen molar-refractivity contribution in [1.82, 2.24) is 9.55 Å². The molecule has 0 unspecified atom stereocenters. The number of rotatable bonds is 7. The van der Waals surface area contributed by atoms with Crippen molar-refractivity contribution in [1.29, 1.82) is 0 Å². The van der Waals surface area contributed by atoms with E-state index in [0.717, 1.165) is 11.3 Å². The Balaban J connectivity index is 1.50. The number of aromatic nitrogens is 2. The third-order valence-corrected chi connectivity index (χ3v) is 4.89. The largest absolute Gasteiger partial charge is 0.494 e. The molecule has 4 rings (SSSR count). The van der Waals surface area contributed by atoms with Crippen LogP contribution in [0.4, 0.5) is 5.69 Å². The molecule has 0 aliphatic rings. The van der Waals surface area contributed by atoms with Crippen LogP contribution < -0.4 is 20.3 Å². The smallest absolute Gasteiger partial charge is 0.261 e. The summed E-state index contributed by atoms with van der Waals surface area (Å²) in [6.07, 6.45) is 1.40. The molecular formula is C25H23N3O4. The second-order valence-corrected chi connectivity index (χ2v) is 7.20. The van der Waals surface area contributed by atoms with Crippen molar-refractivity contribution in [2.45, 2.75) is 20.4 Å². The van der Waals surface area contributed by atoms with Crippen molar-refractivity contribution < 1.29 is 14.3 Å². The third-order valence-electron chi connectivity index (χ3n) is 4.89. The number of hydrogen-bond acceptors (Lipinski definition) is 5. The van der Waals surface area contributed by atoms with Gasteiger partial charge in [-0.3, -0.25) is 14.2 Å². The highest BCUT2D eigenvalue weighted by Gasteiger charge is 2.12. The molecule has 0 fully saturated rings. The molecule has 1 heterocycles. The fourth-order valence-corrected chi connectivity index (χ4v) is 3.35. The van der Waals surface area contributed by atoms with Gasteiger partial charge in [-0.05, 0) is 61.9 Å². The fraction of sp³-hybridized carbons (Fsp3) is 0.160. The Morgan fingerprint density at radius 1 is 1.00 bits per heavy atom. The van der Waals surface area contributed by atoms with Gasteiger partial charge in [0.05, 0.1) is 29.5 Å². The number of ether oxygens (including phenoxy) is 2. The summed E-state index contributed by atoms with van der Waals surface area (Å²) in [6, 6.07) is 19.8. The first-order valence-corrected chi connectivity index (χ1v) is 10.3. The highest BCUT2D eigenvalue weighted by Crippen LogP contribution is 2.30. The van der Waals surface area contributed by atoms with E-state index in [0.29, 0.717) is 34.7 Å². The summed E-state index contributed by atoms with van der Waals surface area (Å²) in [7, 11) is 0. The minimum atomic E-state index is -0.358. The number of fused-ring (bicyclic) bond motifs is 1. The maximum absolute atomic E-state index is 12.8. The van der Waals surface area contributed by atoms with Gasteiger partial charge in [0, 0.05) is 0 Å². The summed E-state index contributed by atoms with van der Waals surface area (Å²) in [5, 5.41) is 3.31. The Morgan fingerprint density at radius 2 is 1.75 bits per heavy atom. The third kappa shape index (κ3) is 4.62. The number of amides is 1. The quantitative estimate of drug-likeness (QED) is 0.467. The molecule has 0 saturated heterocycles. The Kier molecular flexibility index (Phi) is 6.17. The van der Waals surface area contributed by atoms with Crippen LogP contribution in [0.15, 0.2) is 77.9 Å². The van der Waals surface area contributed by atoms with Crippen LogP contribution in [0.5, 0.6) is 17.2 Å². The van der Waals surface area contributed by atoms with Gasteiger partial charge in [-0.25, -0.2) is 4.98 Å². The Morgan fingerprint density at radius 3 is 2.53 bits per heavy atom. The molecule has 1 aromatic heterocycles. The van der Waals surface area contributed by atoms with Gasteiger partial charge >= 0.3 is 0 Å². The van der Waals surface area contributed by atoms with E-state index in [9.17, 15) is 9.59 Å². The lowest BCUT2D eigenvalue weighted by Crippen LogP contribution is -2.28. The van der Waals surface area contributed by atoms with E-state index in [1.165, 1.54) is 10.9 Å². The lowest BCUT2D eigenvalue weighted by Gasteiger charge is -2.13. The van der Waals surface area contributed by atoms with E-state index in [1.807, 2.05) is 38.1 Å². The molecule has 0 spiro atoms. The zero-order valence-corrected chi connectivity index (χ0v) is 17.9. The van der Waals surface area contributed by atoms with Crippen molar-refractivity contribution in [2.75, 3.05) is 11.9 Å². The first-order valence-electron chi connectivity index (χ1n) is 10.3. The van der Waals surface area contributed by atoms with Crippen molar-refractivity contribution in [3.05, 3.63) is 89.0 Å². The predicted molar refractivity (Wildman–Crippen MR) is 123 cm³/mol. The SMILES string of the molecule is CCOc1ccc(Oc2ccccc2NC(=O)Cn2cnc3c(C)cccc3c2=O)cc1. The van der Waals surface area contributed by atoms with Crippen molar-refractivity contribution in [3.63, 3.8) is 0 Å². The number of anilines is 1. The molecule has 0 atom stereocenters. The lowest BCUT2D eigenvalue weighted by atomic mass is 10.1. The maximum Gasteiger partial charge on any atom is 0.261 e. The van der Waals surface area contributed by atoms with E-state index in [4.69, 9.17) is 9.47 Å². The summed E-state index contributed by atoms with van der Waals surface area (Å²) < 4.78 is 12.7. The first kappa shape index (κ1) is 21.1. The molecule has 162 valence electrons.